The first kappa shape index (κ1) is 14.3. The Labute approximate surface area is 122 Å². The molecular formula is C15H18FNO4. The standard InChI is InChI=1S/C15H18FNO4/c16-15(9-18)8-17(7-14(15)10-20-11-14)13(19)21-6-12-4-2-1-3-5-12/h1-5,18H,6-11H2. The minimum atomic E-state index is -1.81. The average Bonchev–Trinajstić information content (AvgIpc) is 2.80. The molecule has 1 aromatic carbocycles. The monoisotopic (exact) mass is 295 g/mol. The van der Waals surface area contributed by atoms with Crippen molar-refractivity contribution in [2.24, 2.45) is 5.41 Å². The number of nitrogens with zero attached hydrogens (tertiary/aromatic N) is 1. The van der Waals surface area contributed by atoms with Crippen molar-refractivity contribution < 1.29 is 23.8 Å². The maximum atomic E-state index is 14.7. The van der Waals surface area contributed by atoms with Crippen molar-refractivity contribution in [3.63, 3.8) is 0 Å². The molecule has 2 heterocycles. The number of benzene rings is 1. The molecule has 6 heteroatoms. The Kier molecular flexibility index (Phi) is 3.59. The van der Waals surface area contributed by atoms with Crippen molar-refractivity contribution in [3.05, 3.63) is 35.9 Å². The Morgan fingerprint density at radius 2 is 2.05 bits per heavy atom. The molecule has 114 valence electrons. The summed E-state index contributed by atoms with van der Waals surface area (Å²) in [5.41, 5.74) is -1.72. The second kappa shape index (κ2) is 5.27. The van der Waals surface area contributed by atoms with Gasteiger partial charge < -0.3 is 19.5 Å². The van der Waals surface area contributed by atoms with E-state index < -0.39 is 23.8 Å². The van der Waals surface area contributed by atoms with Gasteiger partial charge in [0.2, 0.25) is 0 Å². The van der Waals surface area contributed by atoms with Crippen LogP contribution in [0.1, 0.15) is 5.56 Å². The van der Waals surface area contributed by atoms with Crippen molar-refractivity contribution in [3.8, 4) is 0 Å². The number of halogens is 1. The molecule has 1 unspecified atom stereocenters. The smallest absolute Gasteiger partial charge is 0.410 e. The van der Waals surface area contributed by atoms with E-state index in [4.69, 9.17) is 9.47 Å². The molecule has 3 rings (SSSR count). The predicted octanol–water partition coefficient (Wildman–Crippen LogP) is 1.36. The van der Waals surface area contributed by atoms with Gasteiger partial charge in [-0.25, -0.2) is 9.18 Å². The molecule has 2 fully saturated rings. The molecule has 0 aliphatic carbocycles. The molecule has 0 radical (unpaired) electrons. The number of hydrogen-bond acceptors (Lipinski definition) is 4. The van der Waals surface area contributed by atoms with Gasteiger partial charge in [-0.3, -0.25) is 0 Å². The van der Waals surface area contributed by atoms with Gasteiger partial charge in [0.05, 0.1) is 31.8 Å². The number of hydrogen-bond donors (Lipinski definition) is 1. The zero-order chi connectivity index (χ0) is 14.9. The van der Waals surface area contributed by atoms with Crippen molar-refractivity contribution in [2.75, 3.05) is 32.9 Å². The molecule has 21 heavy (non-hydrogen) atoms. The van der Waals surface area contributed by atoms with E-state index in [9.17, 15) is 14.3 Å². The molecule has 2 aliphatic rings. The molecule has 0 bridgehead atoms. The van der Waals surface area contributed by atoms with Gasteiger partial charge in [-0.1, -0.05) is 30.3 Å². The van der Waals surface area contributed by atoms with E-state index in [1.807, 2.05) is 30.3 Å². The first-order valence-corrected chi connectivity index (χ1v) is 6.92. The van der Waals surface area contributed by atoms with E-state index in [1.165, 1.54) is 4.90 Å². The lowest BCUT2D eigenvalue weighted by Gasteiger charge is -2.44. The quantitative estimate of drug-likeness (QED) is 0.914. The SMILES string of the molecule is O=C(OCc1ccccc1)N1CC(F)(CO)C2(COC2)C1. The van der Waals surface area contributed by atoms with Crippen LogP contribution in [0.5, 0.6) is 0 Å². The van der Waals surface area contributed by atoms with Crippen LogP contribution in [0.2, 0.25) is 0 Å². The highest BCUT2D eigenvalue weighted by atomic mass is 19.1. The number of aliphatic hydroxyl groups excluding tert-OH is 1. The van der Waals surface area contributed by atoms with Gasteiger partial charge in [0.15, 0.2) is 5.67 Å². The molecule has 1 N–H and O–H groups in total. The third kappa shape index (κ3) is 2.38. The fourth-order valence-corrected chi connectivity index (χ4v) is 2.89. The van der Waals surface area contributed by atoms with Crippen molar-refractivity contribution >= 4 is 6.09 Å². The van der Waals surface area contributed by atoms with Gasteiger partial charge in [-0.15, -0.1) is 0 Å². The molecule has 1 atom stereocenters. The van der Waals surface area contributed by atoms with Crippen molar-refractivity contribution in [2.45, 2.75) is 12.3 Å². The summed E-state index contributed by atoms with van der Waals surface area (Å²) in [6.07, 6.45) is -0.557. The summed E-state index contributed by atoms with van der Waals surface area (Å²) < 4.78 is 25.0. The fraction of sp³-hybridized carbons (Fsp3) is 0.533. The third-order valence-electron chi connectivity index (χ3n) is 4.36. The van der Waals surface area contributed by atoms with Gasteiger partial charge in [0.25, 0.3) is 0 Å². The summed E-state index contributed by atoms with van der Waals surface area (Å²) in [5, 5.41) is 9.32. The lowest BCUT2D eigenvalue weighted by atomic mass is 9.74. The molecule has 1 aromatic rings. The van der Waals surface area contributed by atoms with Crippen LogP contribution in [0.4, 0.5) is 9.18 Å². The van der Waals surface area contributed by atoms with E-state index in [0.29, 0.717) is 0 Å². The Morgan fingerprint density at radius 1 is 1.33 bits per heavy atom. The predicted molar refractivity (Wildman–Crippen MR) is 72.4 cm³/mol. The Morgan fingerprint density at radius 3 is 2.57 bits per heavy atom. The summed E-state index contributed by atoms with van der Waals surface area (Å²) in [7, 11) is 0. The molecule has 1 amide bonds. The van der Waals surface area contributed by atoms with Gasteiger partial charge in [-0.05, 0) is 5.56 Å². The highest BCUT2D eigenvalue weighted by molar-refractivity contribution is 5.68. The highest BCUT2D eigenvalue weighted by Crippen LogP contribution is 2.47. The molecule has 0 saturated carbocycles. The van der Waals surface area contributed by atoms with Crippen LogP contribution in [-0.2, 0) is 16.1 Å². The number of aliphatic hydroxyl groups is 1. The number of amides is 1. The summed E-state index contributed by atoms with van der Waals surface area (Å²) in [6, 6.07) is 9.30. The van der Waals surface area contributed by atoms with Crippen LogP contribution in [0.15, 0.2) is 30.3 Å². The molecule has 5 nitrogen and oxygen atoms in total. The van der Waals surface area contributed by atoms with Gasteiger partial charge in [-0.2, -0.15) is 0 Å². The lowest BCUT2D eigenvalue weighted by molar-refractivity contribution is -0.178. The van der Waals surface area contributed by atoms with Gasteiger partial charge >= 0.3 is 6.09 Å². The maximum absolute atomic E-state index is 14.7. The van der Waals surface area contributed by atoms with E-state index in [-0.39, 0.29) is 32.9 Å². The van der Waals surface area contributed by atoms with E-state index in [1.54, 1.807) is 0 Å². The number of rotatable bonds is 3. The molecule has 1 spiro atoms. The maximum Gasteiger partial charge on any atom is 0.410 e. The Bertz CT molecular complexity index is 508. The van der Waals surface area contributed by atoms with Crippen LogP contribution in [0.25, 0.3) is 0 Å². The Balaban J connectivity index is 1.61. The first-order valence-electron chi connectivity index (χ1n) is 6.92. The van der Waals surface area contributed by atoms with E-state index >= 15 is 0 Å². The molecule has 2 aliphatic heterocycles. The molecular weight excluding hydrogens is 277 g/mol. The van der Waals surface area contributed by atoms with Crippen LogP contribution in [0, 0.1) is 5.41 Å². The number of carbonyl (C=O) groups excluding carboxylic acids is 1. The number of carbonyl (C=O) groups is 1. The van der Waals surface area contributed by atoms with Gasteiger partial charge in [0, 0.05) is 6.54 Å². The average molecular weight is 295 g/mol. The zero-order valence-corrected chi connectivity index (χ0v) is 11.6. The van der Waals surface area contributed by atoms with Crippen LogP contribution >= 0.6 is 0 Å². The highest BCUT2D eigenvalue weighted by Gasteiger charge is 2.63. The van der Waals surface area contributed by atoms with Crippen molar-refractivity contribution in [1.82, 2.24) is 4.90 Å². The Hall–Kier alpha value is -1.66. The third-order valence-corrected chi connectivity index (χ3v) is 4.36. The minimum absolute atomic E-state index is 0.151. The number of alkyl halides is 1. The summed E-state index contributed by atoms with van der Waals surface area (Å²) in [5.74, 6) is 0. The second-order valence-electron chi connectivity index (χ2n) is 5.79. The van der Waals surface area contributed by atoms with Crippen LogP contribution in [0.3, 0.4) is 0 Å². The van der Waals surface area contributed by atoms with E-state index in [0.717, 1.165) is 5.56 Å². The molecule has 0 aromatic heterocycles. The number of ether oxygens (including phenoxy) is 2. The largest absolute Gasteiger partial charge is 0.445 e. The minimum Gasteiger partial charge on any atom is -0.445 e. The van der Waals surface area contributed by atoms with Gasteiger partial charge in [0.1, 0.15) is 6.61 Å². The van der Waals surface area contributed by atoms with Crippen LogP contribution in [-0.4, -0.2) is 54.7 Å². The summed E-state index contributed by atoms with van der Waals surface area (Å²) in [4.78, 5) is 13.4. The lowest BCUT2D eigenvalue weighted by Crippen LogP contribution is -2.58. The first-order chi connectivity index (χ1) is 10.1. The summed E-state index contributed by atoms with van der Waals surface area (Å²) >= 11 is 0. The normalized spacial score (nSPS) is 26.7. The number of likely N-dealkylation sites (tertiary alicyclic amines) is 1. The molecule has 2 saturated heterocycles. The van der Waals surface area contributed by atoms with Crippen molar-refractivity contribution in [1.29, 1.82) is 0 Å². The topological polar surface area (TPSA) is 59.0 Å². The van der Waals surface area contributed by atoms with E-state index in [2.05, 4.69) is 0 Å². The fourth-order valence-electron chi connectivity index (χ4n) is 2.89. The summed E-state index contributed by atoms with van der Waals surface area (Å²) in [6.45, 7) is 0.0636. The van der Waals surface area contributed by atoms with Crippen LogP contribution < -0.4 is 0 Å². The second-order valence-corrected chi connectivity index (χ2v) is 5.79. The zero-order valence-electron chi connectivity index (χ0n) is 11.6.